The summed E-state index contributed by atoms with van der Waals surface area (Å²) < 4.78 is 0. The number of nitrogens with two attached hydrogens (primary N) is 1. The molecule has 1 unspecified atom stereocenters. The molecule has 0 aliphatic heterocycles. The Morgan fingerprint density at radius 1 is 1.16 bits per heavy atom. The first-order valence-corrected chi connectivity index (χ1v) is 6.84. The van der Waals surface area contributed by atoms with Crippen LogP contribution >= 0.6 is 0 Å². The molecule has 1 aromatic rings. The summed E-state index contributed by atoms with van der Waals surface area (Å²) in [6.07, 6.45) is 0. The van der Waals surface area contributed by atoms with Gasteiger partial charge in [0.15, 0.2) is 0 Å². The Morgan fingerprint density at radius 2 is 1.68 bits per heavy atom. The third kappa shape index (κ3) is 4.35. The lowest BCUT2D eigenvalue weighted by Gasteiger charge is -2.30. The predicted molar refractivity (Wildman–Crippen MR) is 79.6 cm³/mol. The van der Waals surface area contributed by atoms with Gasteiger partial charge in [0, 0.05) is 0 Å². The average molecular weight is 262 g/mol. The van der Waals surface area contributed by atoms with E-state index in [0.29, 0.717) is 5.92 Å². The molecule has 0 spiro atoms. The van der Waals surface area contributed by atoms with Gasteiger partial charge in [-0.15, -0.1) is 0 Å². The molecule has 1 aromatic carbocycles. The molecule has 19 heavy (non-hydrogen) atoms. The fourth-order valence-corrected chi connectivity index (χ4v) is 1.93. The summed E-state index contributed by atoms with van der Waals surface area (Å²) in [5, 5.41) is 3.08. The van der Waals surface area contributed by atoms with Gasteiger partial charge in [0.2, 0.25) is 5.91 Å². The Hall–Kier alpha value is -1.35. The van der Waals surface area contributed by atoms with Crippen LogP contribution in [0, 0.1) is 11.3 Å². The van der Waals surface area contributed by atoms with Crippen LogP contribution in [0.4, 0.5) is 0 Å². The molecular formula is C16H26N2O. The first kappa shape index (κ1) is 15.7. The molecule has 0 heterocycles. The van der Waals surface area contributed by atoms with Crippen molar-refractivity contribution in [2.45, 2.75) is 46.7 Å². The fraction of sp³-hybridized carbons (Fsp3) is 0.562. The van der Waals surface area contributed by atoms with Gasteiger partial charge in [0.1, 0.15) is 0 Å². The molecule has 0 aromatic heterocycles. The minimum absolute atomic E-state index is 0.00194. The second kappa shape index (κ2) is 6.20. The highest BCUT2D eigenvalue weighted by Gasteiger charge is 2.29. The second-order valence-electron chi connectivity index (χ2n) is 6.48. The lowest BCUT2D eigenvalue weighted by Crippen LogP contribution is -2.50. The van der Waals surface area contributed by atoms with E-state index in [-0.39, 0.29) is 17.4 Å². The van der Waals surface area contributed by atoms with Crippen LogP contribution < -0.4 is 11.1 Å². The summed E-state index contributed by atoms with van der Waals surface area (Å²) >= 11 is 0. The van der Waals surface area contributed by atoms with Gasteiger partial charge in [-0.3, -0.25) is 4.79 Å². The third-order valence-electron chi connectivity index (χ3n) is 3.34. The first-order chi connectivity index (χ1) is 8.73. The third-order valence-corrected chi connectivity index (χ3v) is 3.34. The summed E-state index contributed by atoms with van der Waals surface area (Å²) in [4.78, 5) is 12.2. The van der Waals surface area contributed by atoms with E-state index < -0.39 is 6.04 Å². The van der Waals surface area contributed by atoms with E-state index in [2.05, 4.69) is 19.2 Å². The minimum Gasteiger partial charge on any atom is -0.348 e. The number of rotatable bonds is 4. The maximum atomic E-state index is 12.2. The largest absolute Gasteiger partial charge is 0.348 e. The highest BCUT2D eigenvalue weighted by Crippen LogP contribution is 2.23. The van der Waals surface area contributed by atoms with Crippen LogP contribution in [-0.4, -0.2) is 11.9 Å². The predicted octanol–water partition coefficient (Wildman–Crippen LogP) is 2.87. The van der Waals surface area contributed by atoms with Crippen molar-refractivity contribution in [2.24, 2.45) is 17.1 Å². The van der Waals surface area contributed by atoms with E-state index in [1.165, 1.54) is 0 Å². The average Bonchev–Trinajstić information content (AvgIpc) is 2.34. The van der Waals surface area contributed by atoms with Gasteiger partial charge in [-0.1, -0.05) is 65.0 Å². The zero-order valence-electron chi connectivity index (χ0n) is 12.6. The van der Waals surface area contributed by atoms with E-state index >= 15 is 0 Å². The Bertz CT molecular complexity index is 407. The maximum absolute atomic E-state index is 12.2. The zero-order valence-corrected chi connectivity index (χ0v) is 12.6. The molecule has 0 aliphatic carbocycles. The van der Waals surface area contributed by atoms with Gasteiger partial charge in [-0.05, 0) is 16.9 Å². The number of carbonyl (C=O) groups is 1. The minimum atomic E-state index is -0.502. The smallest absolute Gasteiger partial charge is 0.237 e. The van der Waals surface area contributed by atoms with Crippen LogP contribution in [0.2, 0.25) is 0 Å². The van der Waals surface area contributed by atoms with Gasteiger partial charge in [-0.25, -0.2) is 0 Å². The maximum Gasteiger partial charge on any atom is 0.237 e. The summed E-state index contributed by atoms with van der Waals surface area (Å²) in [7, 11) is 0. The van der Waals surface area contributed by atoms with Crippen molar-refractivity contribution >= 4 is 5.91 Å². The first-order valence-electron chi connectivity index (χ1n) is 6.84. The molecule has 3 nitrogen and oxygen atoms in total. The van der Waals surface area contributed by atoms with Crippen LogP contribution in [0.5, 0.6) is 0 Å². The number of hydrogen-bond acceptors (Lipinski definition) is 2. The molecule has 0 radical (unpaired) electrons. The van der Waals surface area contributed by atoms with E-state index in [1.54, 1.807) is 0 Å². The number of carbonyl (C=O) groups excluding carboxylic acids is 1. The van der Waals surface area contributed by atoms with Gasteiger partial charge < -0.3 is 11.1 Å². The van der Waals surface area contributed by atoms with E-state index in [1.807, 2.05) is 51.1 Å². The van der Waals surface area contributed by atoms with Crippen LogP contribution in [0.3, 0.4) is 0 Å². The Labute approximate surface area is 116 Å². The molecule has 0 saturated heterocycles. The molecule has 0 aliphatic rings. The van der Waals surface area contributed by atoms with Gasteiger partial charge >= 0.3 is 0 Å². The quantitative estimate of drug-likeness (QED) is 0.876. The highest BCUT2D eigenvalue weighted by atomic mass is 16.2. The Balaban J connectivity index is 2.84. The van der Waals surface area contributed by atoms with Crippen molar-refractivity contribution < 1.29 is 4.79 Å². The molecular weight excluding hydrogens is 236 g/mol. The zero-order chi connectivity index (χ0) is 14.6. The molecule has 2 atom stereocenters. The normalized spacial score (nSPS) is 15.1. The molecule has 3 heteroatoms. The van der Waals surface area contributed by atoms with Gasteiger partial charge in [-0.2, -0.15) is 0 Å². The number of amides is 1. The highest BCUT2D eigenvalue weighted by molar-refractivity contribution is 5.82. The summed E-state index contributed by atoms with van der Waals surface area (Å²) in [6, 6.07) is 9.52. The molecule has 106 valence electrons. The number of hydrogen-bond donors (Lipinski definition) is 2. The standard InChI is InChI=1S/C16H26N2O/c1-11(2)13(12-9-7-6-8-10-12)18-15(19)14(17)16(3,4)5/h6-11,13-14H,17H2,1-5H3,(H,18,19)/t13?,14-/m1/s1. The number of benzene rings is 1. The lowest BCUT2D eigenvalue weighted by atomic mass is 9.86. The number of nitrogens with one attached hydrogen (secondary N) is 1. The summed E-state index contributed by atoms with van der Waals surface area (Å²) in [6.45, 7) is 10.1. The van der Waals surface area contributed by atoms with Crippen molar-refractivity contribution in [3.05, 3.63) is 35.9 Å². The van der Waals surface area contributed by atoms with Crippen molar-refractivity contribution in [3.63, 3.8) is 0 Å². The monoisotopic (exact) mass is 262 g/mol. The topological polar surface area (TPSA) is 55.1 Å². The lowest BCUT2D eigenvalue weighted by molar-refractivity contribution is -0.125. The Kier molecular flexibility index (Phi) is 5.12. The molecule has 0 fully saturated rings. The second-order valence-corrected chi connectivity index (χ2v) is 6.48. The van der Waals surface area contributed by atoms with Crippen LogP contribution in [0.15, 0.2) is 30.3 Å². The molecule has 1 amide bonds. The van der Waals surface area contributed by atoms with Gasteiger partial charge in [0.25, 0.3) is 0 Å². The van der Waals surface area contributed by atoms with Crippen molar-refractivity contribution in [1.29, 1.82) is 0 Å². The van der Waals surface area contributed by atoms with Crippen LogP contribution in [-0.2, 0) is 4.79 Å². The molecule has 0 saturated carbocycles. The molecule has 3 N–H and O–H groups in total. The van der Waals surface area contributed by atoms with Crippen molar-refractivity contribution in [3.8, 4) is 0 Å². The van der Waals surface area contributed by atoms with Crippen molar-refractivity contribution in [2.75, 3.05) is 0 Å². The SMILES string of the molecule is CC(C)C(NC(=O)[C@@H](N)C(C)(C)C)c1ccccc1. The summed E-state index contributed by atoms with van der Waals surface area (Å²) in [5.74, 6) is 0.230. The van der Waals surface area contributed by atoms with Crippen LogP contribution in [0.1, 0.15) is 46.2 Å². The van der Waals surface area contributed by atoms with Crippen LogP contribution in [0.25, 0.3) is 0 Å². The van der Waals surface area contributed by atoms with E-state index in [0.717, 1.165) is 5.56 Å². The summed E-state index contributed by atoms with van der Waals surface area (Å²) in [5.41, 5.74) is 6.89. The Morgan fingerprint density at radius 3 is 2.11 bits per heavy atom. The van der Waals surface area contributed by atoms with E-state index in [9.17, 15) is 4.79 Å². The molecule has 0 bridgehead atoms. The van der Waals surface area contributed by atoms with Gasteiger partial charge in [0.05, 0.1) is 12.1 Å². The fourth-order valence-electron chi connectivity index (χ4n) is 1.93. The van der Waals surface area contributed by atoms with Crippen molar-refractivity contribution in [1.82, 2.24) is 5.32 Å². The molecule has 1 rings (SSSR count). The van der Waals surface area contributed by atoms with E-state index in [4.69, 9.17) is 5.73 Å².